The van der Waals surface area contributed by atoms with Crippen LogP contribution in [0.25, 0.3) is 27.4 Å². The first-order valence-electron chi connectivity index (χ1n) is 11.2. The third kappa shape index (κ3) is 4.13. The van der Waals surface area contributed by atoms with Crippen LogP contribution in [0.15, 0.2) is 83.7 Å². The number of rotatable bonds is 5. The second kappa shape index (κ2) is 9.24. The Morgan fingerprint density at radius 2 is 1.74 bits per heavy atom. The molecule has 0 aliphatic rings. The lowest BCUT2D eigenvalue weighted by Crippen LogP contribution is -2.22. The number of para-hydroxylation sites is 1. The predicted octanol–water partition coefficient (Wildman–Crippen LogP) is 6.15. The normalized spacial score (nSPS) is 11.1. The van der Waals surface area contributed by atoms with Gasteiger partial charge in [0, 0.05) is 0 Å². The first kappa shape index (κ1) is 22.6. The van der Waals surface area contributed by atoms with Crippen LogP contribution < -0.4 is 15.6 Å². The zero-order valence-electron chi connectivity index (χ0n) is 19.2. The van der Waals surface area contributed by atoms with Gasteiger partial charge < -0.3 is 10.1 Å². The molecule has 0 spiro atoms. The third-order valence-corrected chi connectivity index (χ3v) is 6.15. The molecule has 35 heavy (non-hydrogen) atoms. The van der Waals surface area contributed by atoms with Gasteiger partial charge >= 0.3 is 0 Å². The van der Waals surface area contributed by atoms with Gasteiger partial charge in [-0.3, -0.25) is 14.2 Å². The molecule has 1 aromatic heterocycles. The molecule has 0 aliphatic heterocycles. The molecule has 5 aromatic rings. The summed E-state index contributed by atoms with van der Waals surface area (Å²) in [5.41, 5.74) is 1.79. The van der Waals surface area contributed by atoms with Crippen LogP contribution in [0.1, 0.15) is 23.1 Å². The maximum absolute atomic E-state index is 13.5. The van der Waals surface area contributed by atoms with Gasteiger partial charge in [0.2, 0.25) is 0 Å². The number of nitrogens with zero attached hydrogens (tertiary/aromatic N) is 2. The molecule has 0 unspecified atom stereocenters. The maximum atomic E-state index is 13.5. The van der Waals surface area contributed by atoms with Crippen molar-refractivity contribution in [3.05, 3.63) is 106 Å². The highest BCUT2D eigenvalue weighted by atomic mass is 35.5. The monoisotopic (exact) mass is 483 g/mol. The number of carbonyl (C=O) groups excluding carboxylic acids is 1. The molecule has 0 saturated heterocycles. The summed E-state index contributed by atoms with van der Waals surface area (Å²) >= 11 is 6.46. The Kier molecular flexibility index (Phi) is 5.97. The number of ether oxygens (including phenoxy) is 1. The van der Waals surface area contributed by atoms with Crippen molar-refractivity contribution in [1.29, 1.82) is 0 Å². The Morgan fingerprint density at radius 1 is 1.00 bits per heavy atom. The summed E-state index contributed by atoms with van der Waals surface area (Å²) in [5.74, 6) is 0.660. The molecule has 7 heteroatoms. The molecule has 174 valence electrons. The Hall–Kier alpha value is -4.16. The number of hydrogen-bond donors (Lipinski definition) is 1. The summed E-state index contributed by atoms with van der Waals surface area (Å²) in [7, 11) is 0. The number of fused-ring (bicyclic) bond motifs is 2. The highest BCUT2D eigenvalue weighted by Gasteiger charge is 2.19. The van der Waals surface area contributed by atoms with Crippen molar-refractivity contribution >= 4 is 44.9 Å². The Balaban J connectivity index is 1.59. The summed E-state index contributed by atoms with van der Waals surface area (Å²) in [6.07, 6.45) is 0. The molecule has 6 nitrogen and oxygen atoms in total. The zero-order chi connectivity index (χ0) is 24.5. The number of nitrogens with one attached hydrogen (secondary N) is 1. The van der Waals surface area contributed by atoms with Crippen molar-refractivity contribution in [3.8, 4) is 11.4 Å². The van der Waals surface area contributed by atoms with E-state index in [1.807, 2.05) is 49.4 Å². The van der Waals surface area contributed by atoms with Gasteiger partial charge in [-0.25, -0.2) is 4.98 Å². The van der Waals surface area contributed by atoms with Crippen LogP contribution in [0.2, 0.25) is 5.02 Å². The molecule has 1 N–H and O–H groups in total. The van der Waals surface area contributed by atoms with E-state index in [4.69, 9.17) is 16.3 Å². The smallest absolute Gasteiger partial charge is 0.265 e. The number of aromatic nitrogens is 2. The first-order valence-corrected chi connectivity index (χ1v) is 11.6. The number of halogens is 1. The summed E-state index contributed by atoms with van der Waals surface area (Å²) < 4.78 is 7.26. The van der Waals surface area contributed by atoms with Crippen molar-refractivity contribution in [1.82, 2.24) is 9.55 Å². The molecule has 0 aliphatic carbocycles. The van der Waals surface area contributed by atoms with Gasteiger partial charge in [-0.1, -0.05) is 54.1 Å². The minimum atomic E-state index is -0.356. The highest BCUT2D eigenvalue weighted by Crippen LogP contribution is 2.31. The van der Waals surface area contributed by atoms with Gasteiger partial charge in [-0.15, -0.1) is 0 Å². The quantitative estimate of drug-likeness (QED) is 0.325. The van der Waals surface area contributed by atoms with Gasteiger partial charge in [-0.05, 0) is 61.0 Å². The topological polar surface area (TPSA) is 73.2 Å². The van der Waals surface area contributed by atoms with Crippen LogP contribution in [0.3, 0.4) is 0 Å². The van der Waals surface area contributed by atoms with Gasteiger partial charge in [0.15, 0.2) is 0 Å². The fraction of sp³-hybridized carbons (Fsp3) is 0.107. The fourth-order valence-corrected chi connectivity index (χ4v) is 4.41. The van der Waals surface area contributed by atoms with E-state index in [9.17, 15) is 9.59 Å². The van der Waals surface area contributed by atoms with Crippen molar-refractivity contribution in [3.63, 3.8) is 0 Å². The standard InChI is InChI=1S/C28H22ClN3O3/c1-3-35-25-15-12-18-8-4-5-9-20(18)26(25)27(33)31-24-16-19(13-14-22(24)29)32-17(2)30-23-11-7-6-10-21(23)28(32)34/h4-16H,3H2,1-2H3,(H,31,33). The Bertz CT molecular complexity index is 1660. The van der Waals surface area contributed by atoms with Crippen LogP contribution in [0, 0.1) is 6.92 Å². The second-order valence-corrected chi connectivity index (χ2v) is 8.44. The number of benzene rings is 4. The molecule has 5 rings (SSSR count). The molecule has 0 saturated carbocycles. The molecule has 0 atom stereocenters. The molecule has 1 heterocycles. The lowest BCUT2D eigenvalue weighted by molar-refractivity contribution is 0.102. The van der Waals surface area contributed by atoms with Crippen LogP contribution in [0.5, 0.6) is 5.75 Å². The summed E-state index contributed by atoms with van der Waals surface area (Å²) in [6, 6.07) is 23.6. The van der Waals surface area contributed by atoms with E-state index in [1.54, 1.807) is 43.3 Å². The fourth-order valence-electron chi connectivity index (χ4n) is 4.24. The van der Waals surface area contributed by atoms with E-state index in [2.05, 4.69) is 10.3 Å². The van der Waals surface area contributed by atoms with E-state index in [-0.39, 0.29) is 11.5 Å². The molecule has 1 amide bonds. The zero-order valence-corrected chi connectivity index (χ0v) is 20.0. The lowest BCUT2D eigenvalue weighted by Gasteiger charge is -2.16. The van der Waals surface area contributed by atoms with Crippen LogP contribution in [-0.4, -0.2) is 22.1 Å². The number of amides is 1. The Morgan fingerprint density at radius 3 is 2.54 bits per heavy atom. The average Bonchev–Trinajstić information content (AvgIpc) is 2.86. The van der Waals surface area contributed by atoms with Gasteiger partial charge in [0.05, 0.1) is 39.5 Å². The van der Waals surface area contributed by atoms with Crippen molar-refractivity contribution in [2.24, 2.45) is 0 Å². The first-order chi connectivity index (χ1) is 17.0. The van der Waals surface area contributed by atoms with Crippen molar-refractivity contribution in [2.75, 3.05) is 11.9 Å². The van der Waals surface area contributed by atoms with Crippen LogP contribution in [-0.2, 0) is 0 Å². The lowest BCUT2D eigenvalue weighted by atomic mass is 10.0. The number of anilines is 1. The van der Waals surface area contributed by atoms with Gasteiger partial charge in [0.25, 0.3) is 11.5 Å². The average molecular weight is 484 g/mol. The van der Waals surface area contributed by atoms with Gasteiger partial charge in [-0.2, -0.15) is 0 Å². The second-order valence-electron chi connectivity index (χ2n) is 8.03. The van der Waals surface area contributed by atoms with E-state index >= 15 is 0 Å². The van der Waals surface area contributed by atoms with Crippen LogP contribution >= 0.6 is 11.6 Å². The highest BCUT2D eigenvalue weighted by molar-refractivity contribution is 6.34. The van der Waals surface area contributed by atoms with Gasteiger partial charge in [0.1, 0.15) is 11.6 Å². The van der Waals surface area contributed by atoms with Crippen molar-refractivity contribution < 1.29 is 9.53 Å². The SMILES string of the molecule is CCOc1ccc2ccccc2c1C(=O)Nc1cc(-n2c(C)nc3ccccc3c2=O)ccc1Cl. The summed E-state index contributed by atoms with van der Waals surface area (Å²) in [4.78, 5) is 31.3. The maximum Gasteiger partial charge on any atom is 0.265 e. The molecule has 0 fully saturated rings. The minimum absolute atomic E-state index is 0.194. The minimum Gasteiger partial charge on any atom is -0.493 e. The molecule has 4 aromatic carbocycles. The van der Waals surface area contributed by atoms with Crippen LogP contribution in [0.4, 0.5) is 5.69 Å². The number of aryl methyl sites for hydroxylation is 1. The van der Waals surface area contributed by atoms with E-state index in [0.29, 0.717) is 51.0 Å². The molecule has 0 bridgehead atoms. The molecule has 0 radical (unpaired) electrons. The number of carbonyl (C=O) groups is 1. The number of hydrogen-bond acceptors (Lipinski definition) is 4. The van der Waals surface area contributed by atoms with Crippen molar-refractivity contribution in [2.45, 2.75) is 13.8 Å². The van der Waals surface area contributed by atoms with E-state index in [1.165, 1.54) is 4.57 Å². The van der Waals surface area contributed by atoms with E-state index < -0.39 is 0 Å². The largest absolute Gasteiger partial charge is 0.493 e. The third-order valence-electron chi connectivity index (χ3n) is 5.82. The van der Waals surface area contributed by atoms with E-state index in [0.717, 1.165) is 10.8 Å². The molecular weight excluding hydrogens is 462 g/mol. The Labute approximate surface area is 206 Å². The summed E-state index contributed by atoms with van der Waals surface area (Å²) in [5, 5.41) is 5.47. The molecular formula is C28H22ClN3O3. The summed E-state index contributed by atoms with van der Waals surface area (Å²) in [6.45, 7) is 4.06. The predicted molar refractivity (Wildman–Crippen MR) is 140 cm³/mol.